The van der Waals surface area contributed by atoms with Crippen LogP contribution < -0.4 is 10.5 Å². The number of carbonyl (C=O) groups excluding carboxylic acids is 1. The van der Waals surface area contributed by atoms with Crippen LogP contribution in [0, 0.1) is 12.7 Å². The first-order valence-electron chi connectivity index (χ1n) is 10.00. The van der Waals surface area contributed by atoms with Crippen LogP contribution in [0.15, 0.2) is 29.1 Å². The molecule has 0 atom stereocenters. The Labute approximate surface area is 177 Å². The van der Waals surface area contributed by atoms with E-state index in [4.69, 9.17) is 0 Å². The summed E-state index contributed by atoms with van der Waals surface area (Å²) < 4.78 is 15.1. The molecule has 0 unspecified atom stereocenters. The van der Waals surface area contributed by atoms with E-state index in [0.717, 1.165) is 15.4 Å². The molecule has 4 rings (SSSR count). The van der Waals surface area contributed by atoms with Crippen LogP contribution in [-0.2, 0) is 11.3 Å². The molecule has 0 N–H and O–H groups in total. The normalized spacial score (nSPS) is 14.7. The van der Waals surface area contributed by atoms with Crippen LogP contribution in [0.25, 0.3) is 10.2 Å². The van der Waals surface area contributed by atoms with Gasteiger partial charge in [-0.3, -0.25) is 9.59 Å². The smallest absolute Gasteiger partial charge is 0.294 e. The van der Waals surface area contributed by atoms with Crippen LogP contribution in [0.3, 0.4) is 0 Å². The predicted molar refractivity (Wildman–Crippen MR) is 116 cm³/mol. The van der Waals surface area contributed by atoms with E-state index in [1.807, 2.05) is 20.8 Å². The van der Waals surface area contributed by atoms with Crippen LogP contribution in [-0.4, -0.2) is 51.8 Å². The summed E-state index contributed by atoms with van der Waals surface area (Å²) in [5, 5.41) is 5.26. The second-order valence-electron chi connectivity index (χ2n) is 7.78. The van der Waals surface area contributed by atoms with Gasteiger partial charge >= 0.3 is 0 Å². The van der Waals surface area contributed by atoms with Crippen LogP contribution in [0.5, 0.6) is 0 Å². The maximum Gasteiger partial charge on any atom is 0.294 e. The molecule has 3 aromatic rings. The molecule has 0 bridgehead atoms. The average molecular weight is 430 g/mol. The fourth-order valence-electron chi connectivity index (χ4n) is 3.57. The molecule has 7 nitrogen and oxygen atoms in total. The summed E-state index contributed by atoms with van der Waals surface area (Å²) >= 11 is 1.49. The minimum absolute atomic E-state index is 0.0965. The summed E-state index contributed by atoms with van der Waals surface area (Å²) in [5.41, 5.74) is 1.72. The van der Waals surface area contributed by atoms with Crippen molar-refractivity contribution in [3.05, 3.63) is 51.1 Å². The van der Waals surface area contributed by atoms with Crippen LogP contribution in [0.2, 0.25) is 0 Å². The van der Waals surface area contributed by atoms with Gasteiger partial charge in [-0.2, -0.15) is 5.10 Å². The molecule has 0 saturated carbocycles. The largest absolute Gasteiger partial charge is 0.368 e. The number of piperazine rings is 1. The highest BCUT2D eigenvalue weighted by atomic mass is 32.1. The summed E-state index contributed by atoms with van der Waals surface area (Å²) in [6.45, 7) is 8.21. The number of nitrogens with zero attached hydrogens (tertiary/aromatic N) is 5. The summed E-state index contributed by atoms with van der Waals surface area (Å²) in [5.74, 6) is -0.173. The monoisotopic (exact) mass is 429 g/mol. The van der Waals surface area contributed by atoms with Crippen LogP contribution in [0.1, 0.15) is 30.5 Å². The number of fused-ring (bicyclic) bond motifs is 1. The van der Waals surface area contributed by atoms with E-state index in [-0.39, 0.29) is 29.7 Å². The first kappa shape index (κ1) is 20.5. The molecule has 0 aliphatic carbocycles. The molecule has 30 heavy (non-hydrogen) atoms. The van der Waals surface area contributed by atoms with Gasteiger partial charge < -0.3 is 9.80 Å². The van der Waals surface area contributed by atoms with Crippen molar-refractivity contribution in [3.63, 3.8) is 0 Å². The first-order valence-corrected chi connectivity index (χ1v) is 10.8. The van der Waals surface area contributed by atoms with E-state index < -0.39 is 0 Å². The van der Waals surface area contributed by atoms with Crippen molar-refractivity contribution in [2.45, 2.75) is 33.2 Å². The number of aryl methyl sites for hydroxylation is 1. The van der Waals surface area contributed by atoms with Crippen molar-refractivity contribution < 1.29 is 9.18 Å². The number of hydrogen-bond donors (Lipinski definition) is 0. The lowest BCUT2D eigenvalue weighted by molar-refractivity contribution is -0.132. The summed E-state index contributed by atoms with van der Waals surface area (Å²) in [6, 6.07) is 6.36. The van der Waals surface area contributed by atoms with E-state index >= 15 is 0 Å². The van der Waals surface area contributed by atoms with E-state index in [9.17, 15) is 14.0 Å². The Kier molecular flexibility index (Phi) is 5.55. The highest BCUT2D eigenvalue weighted by Gasteiger charge is 2.23. The van der Waals surface area contributed by atoms with Gasteiger partial charge in [-0.25, -0.2) is 14.1 Å². The molecule has 158 valence electrons. The van der Waals surface area contributed by atoms with Crippen LogP contribution >= 0.6 is 11.3 Å². The Morgan fingerprint density at radius 3 is 2.47 bits per heavy atom. The van der Waals surface area contributed by atoms with Crippen molar-refractivity contribution in [1.82, 2.24) is 19.7 Å². The summed E-state index contributed by atoms with van der Waals surface area (Å²) in [7, 11) is 0. The van der Waals surface area contributed by atoms with Gasteiger partial charge in [0.2, 0.25) is 5.91 Å². The van der Waals surface area contributed by atoms with Gasteiger partial charge in [0.05, 0.1) is 15.4 Å². The first-order chi connectivity index (χ1) is 14.3. The van der Waals surface area contributed by atoms with Crippen molar-refractivity contribution in [2.75, 3.05) is 31.1 Å². The fraction of sp³-hybridized carbons (Fsp3) is 0.429. The second kappa shape index (κ2) is 8.14. The number of carbonyl (C=O) groups is 1. The minimum Gasteiger partial charge on any atom is -0.368 e. The molecule has 1 aliphatic heterocycles. The molecule has 1 amide bonds. The van der Waals surface area contributed by atoms with Crippen LogP contribution in [0.4, 0.5) is 10.1 Å². The van der Waals surface area contributed by atoms with E-state index in [2.05, 4.69) is 15.0 Å². The lowest BCUT2D eigenvalue weighted by Crippen LogP contribution is -2.50. The number of hydrogen-bond acceptors (Lipinski definition) is 6. The molecule has 0 spiro atoms. The topological polar surface area (TPSA) is 71.3 Å². The lowest BCUT2D eigenvalue weighted by Gasteiger charge is -2.36. The number of rotatable bonds is 4. The van der Waals surface area contributed by atoms with E-state index in [1.165, 1.54) is 28.2 Å². The third-order valence-corrected chi connectivity index (χ3v) is 6.75. The third kappa shape index (κ3) is 3.94. The molecule has 3 heterocycles. The molecule has 0 radical (unpaired) electrons. The Morgan fingerprint density at radius 2 is 1.83 bits per heavy atom. The van der Waals surface area contributed by atoms with Gasteiger partial charge in [0.1, 0.15) is 12.4 Å². The highest BCUT2D eigenvalue weighted by Crippen LogP contribution is 2.26. The number of halogens is 1. The van der Waals surface area contributed by atoms with Gasteiger partial charge in [-0.05, 0) is 31.2 Å². The fourth-order valence-corrected chi connectivity index (χ4v) is 4.57. The molecule has 1 saturated heterocycles. The second-order valence-corrected chi connectivity index (χ2v) is 8.81. The Bertz CT molecular complexity index is 1130. The molecule has 1 fully saturated rings. The minimum atomic E-state index is -0.322. The maximum atomic E-state index is 13.1. The highest BCUT2D eigenvalue weighted by molar-refractivity contribution is 7.18. The molecular formula is C21H24FN5O2S. The predicted octanol–water partition coefficient (Wildman–Crippen LogP) is 2.77. The zero-order valence-electron chi connectivity index (χ0n) is 17.3. The standard InChI is InChI=1S/C21H24FN5O2S/c1-13(2)20-23-18-19(30-20)14(3)24-27(21(18)29)12-17(28)26-10-8-25(9-11-26)16-6-4-15(22)5-7-16/h4-7,13H,8-12H2,1-3H3. The van der Waals surface area contributed by atoms with Gasteiger partial charge in [0.25, 0.3) is 5.56 Å². The van der Waals surface area contributed by atoms with Crippen molar-refractivity contribution in [3.8, 4) is 0 Å². The maximum absolute atomic E-state index is 13.1. The molecule has 1 aromatic carbocycles. The van der Waals surface area contributed by atoms with Crippen molar-refractivity contribution >= 4 is 33.1 Å². The Hall–Kier alpha value is -2.81. The van der Waals surface area contributed by atoms with Crippen molar-refractivity contribution in [2.24, 2.45) is 0 Å². The molecule has 9 heteroatoms. The zero-order valence-corrected chi connectivity index (χ0v) is 18.1. The van der Waals surface area contributed by atoms with Crippen molar-refractivity contribution in [1.29, 1.82) is 0 Å². The number of aromatic nitrogens is 3. The van der Waals surface area contributed by atoms with E-state index in [1.54, 1.807) is 17.0 Å². The third-order valence-electron chi connectivity index (χ3n) is 5.28. The van der Waals surface area contributed by atoms with E-state index in [0.29, 0.717) is 37.4 Å². The van der Waals surface area contributed by atoms with Gasteiger partial charge in [-0.1, -0.05) is 13.8 Å². The Balaban J connectivity index is 1.46. The zero-order chi connectivity index (χ0) is 21.4. The van der Waals surface area contributed by atoms with Gasteiger partial charge in [-0.15, -0.1) is 11.3 Å². The summed E-state index contributed by atoms with van der Waals surface area (Å²) in [4.78, 5) is 34.0. The van der Waals surface area contributed by atoms with Gasteiger partial charge in [0.15, 0.2) is 5.52 Å². The SMILES string of the molecule is Cc1nn(CC(=O)N2CCN(c3ccc(F)cc3)CC2)c(=O)c2nc(C(C)C)sc12. The Morgan fingerprint density at radius 1 is 1.17 bits per heavy atom. The molecule has 1 aliphatic rings. The average Bonchev–Trinajstić information content (AvgIpc) is 3.19. The number of thiazole rings is 1. The number of anilines is 1. The number of benzene rings is 1. The molecule has 2 aromatic heterocycles. The number of amides is 1. The van der Waals surface area contributed by atoms with Gasteiger partial charge in [0, 0.05) is 37.8 Å². The molecular weight excluding hydrogens is 405 g/mol. The lowest BCUT2D eigenvalue weighted by atomic mass is 10.2. The summed E-state index contributed by atoms with van der Waals surface area (Å²) in [6.07, 6.45) is 0. The quantitative estimate of drug-likeness (QED) is 0.638.